The second-order valence-electron chi connectivity index (χ2n) is 4.67. The minimum atomic E-state index is -0.962. The molecule has 0 unspecified atom stereocenters. The van der Waals surface area contributed by atoms with Crippen LogP contribution in [-0.4, -0.2) is 45.2 Å². The first kappa shape index (κ1) is 15.0. The zero-order valence-corrected chi connectivity index (χ0v) is 12.9. The molecule has 3 rings (SSSR count). The summed E-state index contributed by atoms with van der Waals surface area (Å²) >= 11 is 1.33. The van der Waals surface area contributed by atoms with E-state index >= 15 is 0 Å². The Morgan fingerprint density at radius 1 is 1.30 bits per heavy atom. The predicted octanol–water partition coefficient (Wildman–Crippen LogP) is 1.31. The molecule has 0 saturated heterocycles. The third-order valence-electron chi connectivity index (χ3n) is 3.15. The van der Waals surface area contributed by atoms with Crippen molar-refractivity contribution in [2.24, 2.45) is 0 Å². The van der Waals surface area contributed by atoms with Gasteiger partial charge in [0.05, 0.1) is 24.0 Å². The fourth-order valence-corrected chi connectivity index (χ4v) is 2.72. The SMILES string of the molecule is CNC(=O)CNc1nn2cc(-c3ccc(C(=O)O)cc3)nc2s1. The van der Waals surface area contributed by atoms with E-state index in [4.69, 9.17) is 5.11 Å². The number of carboxylic acid groups (broad SMARTS) is 1. The first-order valence-corrected chi connectivity index (χ1v) is 7.53. The van der Waals surface area contributed by atoms with Crippen molar-refractivity contribution in [2.45, 2.75) is 0 Å². The average molecular weight is 331 g/mol. The molecule has 9 heteroatoms. The van der Waals surface area contributed by atoms with Gasteiger partial charge in [0.25, 0.3) is 0 Å². The highest BCUT2D eigenvalue weighted by molar-refractivity contribution is 7.20. The number of rotatable bonds is 5. The van der Waals surface area contributed by atoms with Gasteiger partial charge in [-0.2, -0.15) is 0 Å². The van der Waals surface area contributed by atoms with E-state index in [9.17, 15) is 9.59 Å². The van der Waals surface area contributed by atoms with Gasteiger partial charge in [0.15, 0.2) is 0 Å². The van der Waals surface area contributed by atoms with Crippen LogP contribution in [0.2, 0.25) is 0 Å². The molecule has 2 aromatic heterocycles. The summed E-state index contributed by atoms with van der Waals surface area (Å²) in [5, 5.41) is 19.2. The molecule has 0 aliphatic heterocycles. The van der Waals surface area contributed by atoms with Crippen LogP contribution in [0.5, 0.6) is 0 Å². The zero-order chi connectivity index (χ0) is 16.4. The molecule has 8 nitrogen and oxygen atoms in total. The molecule has 0 spiro atoms. The van der Waals surface area contributed by atoms with Gasteiger partial charge >= 0.3 is 5.97 Å². The second kappa shape index (κ2) is 6.05. The smallest absolute Gasteiger partial charge is 0.335 e. The van der Waals surface area contributed by atoms with E-state index in [1.807, 2.05) is 0 Å². The quantitative estimate of drug-likeness (QED) is 0.650. The Morgan fingerprint density at radius 2 is 2.04 bits per heavy atom. The number of nitrogens with one attached hydrogen (secondary N) is 2. The topological polar surface area (TPSA) is 109 Å². The molecule has 0 radical (unpaired) electrons. The number of hydrogen-bond donors (Lipinski definition) is 3. The van der Waals surface area contributed by atoms with Crippen LogP contribution >= 0.6 is 11.3 Å². The van der Waals surface area contributed by atoms with E-state index in [-0.39, 0.29) is 18.0 Å². The van der Waals surface area contributed by atoms with Gasteiger partial charge in [0.1, 0.15) is 0 Å². The van der Waals surface area contributed by atoms with Crippen LogP contribution in [0.4, 0.5) is 5.13 Å². The first-order valence-electron chi connectivity index (χ1n) is 6.71. The van der Waals surface area contributed by atoms with Crippen LogP contribution in [0.1, 0.15) is 10.4 Å². The van der Waals surface area contributed by atoms with Crippen LogP contribution in [0.15, 0.2) is 30.5 Å². The van der Waals surface area contributed by atoms with Crippen molar-refractivity contribution in [3.63, 3.8) is 0 Å². The van der Waals surface area contributed by atoms with Crippen molar-refractivity contribution >= 4 is 33.3 Å². The van der Waals surface area contributed by atoms with Crippen molar-refractivity contribution in [3.05, 3.63) is 36.0 Å². The maximum atomic E-state index is 11.2. The summed E-state index contributed by atoms with van der Waals surface area (Å²) in [6.45, 7) is 0.149. The number of carboxylic acids is 1. The molecule has 2 heterocycles. The third-order valence-corrected chi connectivity index (χ3v) is 4.03. The van der Waals surface area contributed by atoms with E-state index in [2.05, 4.69) is 20.7 Å². The Balaban J connectivity index is 1.79. The summed E-state index contributed by atoms with van der Waals surface area (Å²) in [7, 11) is 1.57. The van der Waals surface area contributed by atoms with Crippen molar-refractivity contribution < 1.29 is 14.7 Å². The standard InChI is InChI=1S/C14H13N5O3S/c1-15-11(20)6-16-13-18-19-7-10(17-14(19)23-13)8-2-4-9(5-3-8)12(21)22/h2-5,7H,6H2,1H3,(H,15,20)(H,16,18)(H,21,22). The molecule has 0 bridgehead atoms. The molecule has 3 aromatic rings. The number of fused-ring (bicyclic) bond motifs is 1. The Bertz CT molecular complexity index is 837. The van der Waals surface area contributed by atoms with Gasteiger partial charge in [0, 0.05) is 12.6 Å². The van der Waals surface area contributed by atoms with Gasteiger partial charge in [-0.3, -0.25) is 4.79 Å². The number of hydrogen-bond acceptors (Lipinski definition) is 6. The monoisotopic (exact) mass is 331 g/mol. The third kappa shape index (κ3) is 3.14. The van der Waals surface area contributed by atoms with Crippen LogP contribution in [0.3, 0.4) is 0 Å². The van der Waals surface area contributed by atoms with E-state index in [0.717, 1.165) is 5.56 Å². The summed E-state index contributed by atoms with van der Waals surface area (Å²) in [5.74, 6) is -1.09. The molecule has 118 valence electrons. The van der Waals surface area contributed by atoms with Crippen LogP contribution in [-0.2, 0) is 4.79 Å². The molecule has 1 aromatic carbocycles. The van der Waals surface area contributed by atoms with E-state index in [0.29, 0.717) is 15.8 Å². The zero-order valence-electron chi connectivity index (χ0n) is 12.1. The maximum absolute atomic E-state index is 11.2. The number of anilines is 1. The summed E-state index contributed by atoms with van der Waals surface area (Å²) in [6, 6.07) is 6.49. The first-order chi connectivity index (χ1) is 11.1. The molecule has 0 fully saturated rings. The number of imidazole rings is 1. The number of nitrogens with zero attached hydrogens (tertiary/aromatic N) is 3. The maximum Gasteiger partial charge on any atom is 0.335 e. The Kier molecular flexibility index (Phi) is 3.94. The van der Waals surface area contributed by atoms with Gasteiger partial charge in [-0.25, -0.2) is 14.3 Å². The Morgan fingerprint density at radius 3 is 2.65 bits per heavy atom. The molecule has 3 N–H and O–H groups in total. The average Bonchev–Trinajstić information content (AvgIpc) is 3.11. The van der Waals surface area contributed by atoms with Crippen LogP contribution < -0.4 is 10.6 Å². The van der Waals surface area contributed by atoms with E-state index in [1.54, 1.807) is 29.9 Å². The number of aromatic carboxylic acids is 1. The Labute approximate surface area is 134 Å². The lowest BCUT2D eigenvalue weighted by Gasteiger charge is -1.99. The summed E-state index contributed by atoms with van der Waals surface area (Å²) in [5.41, 5.74) is 1.75. The van der Waals surface area contributed by atoms with Crippen LogP contribution in [0, 0.1) is 0 Å². The Hall–Kier alpha value is -2.94. The highest BCUT2D eigenvalue weighted by Gasteiger charge is 2.11. The lowest BCUT2D eigenvalue weighted by Crippen LogP contribution is -2.26. The number of amides is 1. The number of aromatic nitrogens is 3. The van der Waals surface area contributed by atoms with Gasteiger partial charge in [-0.1, -0.05) is 23.5 Å². The predicted molar refractivity (Wildman–Crippen MR) is 85.8 cm³/mol. The van der Waals surface area contributed by atoms with Gasteiger partial charge < -0.3 is 15.7 Å². The van der Waals surface area contributed by atoms with Crippen molar-refractivity contribution in [1.29, 1.82) is 0 Å². The van der Waals surface area contributed by atoms with Crippen molar-refractivity contribution in [1.82, 2.24) is 19.9 Å². The van der Waals surface area contributed by atoms with E-state index in [1.165, 1.54) is 23.5 Å². The second-order valence-corrected chi connectivity index (χ2v) is 5.63. The minimum Gasteiger partial charge on any atom is -0.478 e. The molecular weight excluding hydrogens is 318 g/mol. The lowest BCUT2D eigenvalue weighted by atomic mass is 10.1. The molecule has 0 atom stereocenters. The van der Waals surface area contributed by atoms with Crippen molar-refractivity contribution in [2.75, 3.05) is 18.9 Å². The van der Waals surface area contributed by atoms with E-state index < -0.39 is 5.97 Å². The van der Waals surface area contributed by atoms with Gasteiger partial charge in [0.2, 0.25) is 16.0 Å². The van der Waals surface area contributed by atoms with Crippen molar-refractivity contribution in [3.8, 4) is 11.3 Å². The number of benzene rings is 1. The van der Waals surface area contributed by atoms with Crippen LogP contribution in [0.25, 0.3) is 16.2 Å². The molecular formula is C14H13N5O3S. The fraction of sp³-hybridized carbons (Fsp3) is 0.143. The lowest BCUT2D eigenvalue weighted by molar-refractivity contribution is -0.118. The van der Waals surface area contributed by atoms with Gasteiger partial charge in [-0.15, -0.1) is 5.10 Å². The number of carbonyl (C=O) groups is 2. The molecule has 0 saturated carbocycles. The number of carbonyl (C=O) groups excluding carboxylic acids is 1. The minimum absolute atomic E-state index is 0.128. The fourth-order valence-electron chi connectivity index (χ4n) is 1.94. The largest absolute Gasteiger partial charge is 0.478 e. The molecule has 1 amide bonds. The highest BCUT2D eigenvalue weighted by atomic mass is 32.1. The normalized spacial score (nSPS) is 10.7. The molecule has 23 heavy (non-hydrogen) atoms. The van der Waals surface area contributed by atoms with Gasteiger partial charge in [-0.05, 0) is 12.1 Å². The number of likely N-dealkylation sites (N-methyl/N-ethyl adjacent to an activating group) is 1. The summed E-state index contributed by atoms with van der Waals surface area (Å²) in [6.07, 6.45) is 1.76. The summed E-state index contributed by atoms with van der Waals surface area (Å²) in [4.78, 5) is 27.2. The highest BCUT2D eigenvalue weighted by Crippen LogP contribution is 2.24. The molecule has 0 aliphatic carbocycles. The molecule has 0 aliphatic rings. The summed E-state index contributed by atoms with van der Waals surface area (Å²) < 4.78 is 1.62.